The summed E-state index contributed by atoms with van der Waals surface area (Å²) in [4.78, 5) is 4.90. The number of aromatic nitrogens is 2. The number of aryl methyl sites for hydroxylation is 3. The van der Waals surface area contributed by atoms with Crippen LogP contribution in [0.1, 0.15) is 60.0 Å². The summed E-state index contributed by atoms with van der Waals surface area (Å²) < 4.78 is 2.34. The number of halogens is 1. The monoisotopic (exact) mass is 451 g/mol. The van der Waals surface area contributed by atoms with Crippen molar-refractivity contribution in [2.45, 2.75) is 45.6 Å². The predicted molar refractivity (Wildman–Crippen MR) is 136 cm³/mol. The summed E-state index contributed by atoms with van der Waals surface area (Å²) in [7, 11) is 0. The zero-order valence-electron chi connectivity index (χ0n) is 19.0. The van der Waals surface area contributed by atoms with E-state index in [1.807, 2.05) is 12.1 Å². The molecule has 0 N–H and O–H groups in total. The molecule has 0 saturated carbocycles. The average molecular weight is 452 g/mol. The van der Waals surface area contributed by atoms with Gasteiger partial charge in [-0.1, -0.05) is 67.1 Å². The second-order valence-electron chi connectivity index (χ2n) is 8.69. The minimum atomic E-state index is 0.120. The highest BCUT2D eigenvalue weighted by molar-refractivity contribution is 6.34. The van der Waals surface area contributed by atoms with Gasteiger partial charge in [0, 0.05) is 12.5 Å². The van der Waals surface area contributed by atoms with Crippen molar-refractivity contribution in [3.8, 4) is 6.07 Å². The zero-order valence-corrected chi connectivity index (χ0v) is 19.7. The number of rotatable bonds is 4. The van der Waals surface area contributed by atoms with E-state index in [-0.39, 0.29) is 6.04 Å². The third kappa shape index (κ3) is 3.75. The first-order chi connectivity index (χ1) is 16.1. The highest BCUT2D eigenvalue weighted by Gasteiger charge is 2.22. The van der Waals surface area contributed by atoms with Crippen molar-refractivity contribution in [2.24, 2.45) is 0 Å². The lowest BCUT2D eigenvalue weighted by molar-refractivity contribution is 0.611. The van der Waals surface area contributed by atoms with Crippen LogP contribution in [0.5, 0.6) is 0 Å². The molecule has 0 bridgehead atoms. The topological polar surface area (TPSA) is 41.6 Å². The molecule has 0 radical (unpaired) electrons. The number of imidazole rings is 1. The van der Waals surface area contributed by atoms with E-state index in [1.54, 1.807) is 6.08 Å². The number of fused-ring (bicyclic) bond motifs is 3. The van der Waals surface area contributed by atoms with E-state index < -0.39 is 0 Å². The molecular formula is C29H26ClN3. The second kappa shape index (κ2) is 8.89. The molecule has 1 aliphatic rings. The predicted octanol–water partition coefficient (Wildman–Crippen LogP) is 7.31. The van der Waals surface area contributed by atoms with E-state index in [4.69, 9.17) is 16.6 Å². The first-order valence-corrected chi connectivity index (χ1v) is 12.0. The maximum atomic E-state index is 9.49. The van der Waals surface area contributed by atoms with Gasteiger partial charge in [0.05, 0.1) is 22.7 Å². The average Bonchev–Trinajstić information content (AvgIpc) is 3.13. The Kier molecular flexibility index (Phi) is 5.79. The van der Waals surface area contributed by atoms with Crippen LogP contribution in [-0.2, 0) is 19.3 Å². The van der Waals surface area contributed by atoms with Gasteiger partial charge >= 0.3 is 0 Å². The first kappa shape index (κ1) is 21.5. The van der Waals surface area contributed by atoms with E-state index in [9.17, 15) is 5.26 Å². The Morgan fingerprint density at radius 2 is 1.85 bits per heavy atom. The van der Waals surface area contributed by atoms with Gasteiger partial charge in [0.1, 0.15) is 11.3 Å². The third-order valence-corrected chi connectivity index (χ3v) is 6.99. The van der Waals surface area contributed by atoms with E-state index in [0.717, 1.165) is 53.7 Å². The molecule has 4 heteroatoms. The fourth-order valence-electron chi connectivity index (χ4n) is 5.09. The van der Waals surface area contributed by atoms with Gasteiger partial charge in [-0.05, 0) is 71.7 Å². The van der Waals surface area contributed by atoms with Gasteiger partial charge in [0.15, 0.2) is 0 Å². The standard InChI is InChI=1S/C29H26ClN3/c1-3-7-28-32-29-26(30)10-6-11-27(29)33(28)19(2)21-14-15-24-22(18-21)13-12-20-8-4-5-9-23(20)25(24)16-17-31/h4-6,8-11,14-16,18-19H,3,7,12-13H2,1-2H3/b25-16+. The molecule has 164 valence electrons. The molecule has 3 nitrogen and oxygen atoms in total. The van der Waals surface area contributed by atoms with Crippen LogP contribution in [0.4, 0.5) is 0 Å². The van der Waals surface area contributed by atoms with Crippen molar-refractivity contribution >= 4 is 28.2 Å². The van der Waals surface area contributed by atoms with Crippen molar-refractivity contribution in [1.82, 2.24) is 9.55 Å². The Morgan fingerprint density at radius 1 is 1.06 bits per heavy atom. The lowest BCUT2D eigenvalue weighted by Crippen LogP contribution is -2.11. The molecule has 0 spiro atoms. The van der Waals surface area contributed by atoms with Crippen LogP contribution in [0, 0.1) is 11.3 Å². The number of nitrogens with zero attached hydrogens (tertiary/aromatic N) is 3. The number of hydrogen-bond acceptors (Lipinski definition) is 2. The van der Waals surface area contributed by atoms with Crippen molar-refractivity contribution in [2.75, 3.05) is 0 Å². The van der Waals surface area contributed by atoms with E-state index >= 15 is 0 Å². The molecule has 1 unspecified atom stereocenters. The maximum absolute atomic E-state index is 9.49. The Balaban J connectivity index is 1.62. The largest absolute Gasteiger partial charge is 0.321 e. The minimum Gasteiger partial charge on any atom is -0.321 e. The van der Waals surface area contributed by atoms with Crippen LogP contribution in [0.25, 0.3) is 16.6 Å². The molecule has 1 atom stereocenters. The van der Waals surface area contributed by atoms with Gasteiger partial charge in [-0.2, -0.15) is 5.26 Å². The molecule has 5 rings (SSSR count). The number of allylic oxidation sites excluding steroid dienone is 1. The summed E-state index contributed by atoms with van der Waals surface area (Å²) in [6.45, 7) is 4.42. The molecule has 1 aromatic heterocycles. The molecule has 4 aromatic rings. The zero-order chi connectivity index (χ0) is 22.9. The summed E-state index contributed by atoms with van der Waals surface area (Å²) in [6.07, 6.45) is 5.54. The SMILES string of the molecule is CCCc1nc2c(Cl)cccc2n1C(C)c1ccc2c(c1)CCc1ccccc1/C2=C\C#N. The third-order valence-electron chi connectivity index (χ3n) is 6.69. The van der Waals surface area contributed by atoms with Crippen LogP contribution in [-0.4, -0.2) is 9.55 Å². The van der Waals surface area contributed by atoms with Crippen molar-refractivity contribution in [3.63, 3.8) is 0 Å². The highest BCUT2D eigenvalue weighted by Crippen LogP contribution is 2.36. The van der Waals surface area contributed by atoms with Gasteiger partial charge in [0.25, 0.3) is 0 Å². The summed E-state index contributed by atoms with van der Waals surface area (Å²) in [5.41, 5.74) is 9.12. The number of nitriles is 1. The van der Waals surface area contributed by atoms with Crippen molar-refractivity contribution in [3.05, 3.63) is 105 Å². The molecule has 33 heavy (non-hydrogen) atoms. The Morgan fingerprint density at radius 3 is 2.67 bits per heavy atom. The Labute approximate surface area is 200 Å². The molecule has 0 aliphatic heterocycles. The van der Waals surface area contributed by atoms with Crippen LogP contribution >= 0.6 is 11.6 Å². The van der Waals surface area contributed by atoms with Gasteiger partial charge in [-0.15, -0.1) is 0 Å². The van der Waals surface area contributed by atoms with Gasteiger partial charge < -0.3 is 4.57 Å². The quantitative estimate of drug-likeness (QED) is 0.305. The number of hydrogen-bond donors (Lipinski definition) is 0. The van der Waals surface area contributed by atoms with Gasteiger partial charge in [-0.3, -0.25) is 0 Å². The second-order valence-corrected chi connectivity index (χ2v) is 9.10. The fourth-order valence-corrected chi connectivity index (χ4v) is 5.30. The van der Waals surface area contributed by atoms with Crippen LogP contribution in [0.3, 0.4) is 0 Å². The van der Waals surface area contributed by atoms with Crippen molar-refractivity contribution < 1.29 is 0 Å². The summed E-state index contributed by atoms with van der Waals surface area (Å²) in [5, 5.41) is 10.2. The molecule has 0 fully saturated rings. The smallest absolute Gasteiger partial charge is 0.110 e. The number of benzene rings is 3. The molecule has 0 amide bonds. The highest BCUT2D eigenvalue weighted by atomic mass is 35.5. The molecule has 1 heterocycles. The van der Waals surface area contributed by atoms with Gasteiger partial charge in [-0.25, -0.2) is 4.98 Å². The summed E-state index contributed by atoms with van der Waals surface area (Å²) in [6, 6.07) is 23.6. The normalized spacial score (nSPS) is 15.0. The molecule has 0 saturated heterocycles. The van der Waals surface area contributed by atoms with Gasteiger partial charge in [0.2, 0.25) is 0 Å². The van der Waals surface area contributed by atoms with E-state index in [0.29, 0.717) is 5.02 Å². The lowest BCUT2D eigenvalue weighted by atomic mass is 9.92. The van der Waals surface area contributed by atoms with E-state index in [1.165, 1.54) is 22.3 Å². The Hall–Kier alpha value is -3.35. The summed E-state index contributed by atoms with van der Waals surface area (Å²) in [5.74, 6) is 1.07. The maximum Gasteiger partial charge on any atom is 0.110 e. The summed E-state index contributed by atoms with van der Waals surface area (Å²) >= 11 is 6.49. The van der Waals surface area contributed by atoms with Crippen LogP contribution in [0.15, 0.2) is 66.7 Å². The van der Waals surface area contributed by atoms with Crippen LogP contribution in [0.2, 0.25) is 5.02 Å². The van der Waals surface area contributed by atoms with Crippen molar-refractivity contribution in [1.29, 1.82) is 5.26 Å². The first-order valence-electron chi connectivity index (χ1n) is 11.6. The number of para-hydroxylation sites is 1. The molecular weight excluding hydrogens is 426 g/mol. The van der Waals surface area contributed by atoms with Crippen LogP contribution < -0.4 is 0 Å². The lowest BCUT2D eigenvalue weighted by Gasteiger charge is -2.20. The fraction of sp³-hybridized carbons (Fsp3) is 0.241. The van der Waals surface area contributed by atoms with E-state index in [2.05, 4.69) is 73.0 Å². The molecule has 3 aromatic carbocycles. The Bertz CT molecular complexity index is 1420. The molecule has 1 aliphatic carbocycles. The minimum absolute atomic E-state index is 0.120.